The summed E-state index contributed by atoms with van der Waals surface area (Å²) < 4.78 is 5.34. The first kappa shape index (κ1) is 18.7. The van der Waals surface area contributed by atoms with Gasteiger partial charge in [0.05, 0.1) is 17.6 Å². The molecule has 1 saturated heterocycles. The van der Waals surface area contributed by atoms with Gasteiger partial charge in [0, 0.05) is 44.1 Å². The van der Waals surface area contributed by atoms with Crippen molar-refractivity contribution in [3.63, 3.8) is 0 Å². The van der Waals surface area contributed by atoms with Gasteiger partial charge in [-0.25, -0.2) is 4.79 Å². The van der Waals surface area contributed by atoms with E-state index in [1.807, 2.05) is 30.3 Å². The molecule has 0 unspecified atom stereocenters. The van der Waals surface area contributed by atoms with Crippen molar-refractivity contribution in [1.29, 1.82) is 0 Å². The van der Waals surface area contributed by atoms with E-state index in [9.17, 15) is 9.59 Å². The average molecular weight is 407 g/mol. The minimum Gasteiger partial charge on any atom is -0.406 e. The molecule has 8 nitrogen and oxygen atoms in total. The van der Waals surface area contributed by atoms with Crippen molar-refractivity contribution in [1.82, 2.24) is 9.88 Å². The van der Waals surface area contributed by atoms with Crippen LogP contribution < -0.4 is 21.3 Å². The summed E-state index contributed by atoms with van der Waals surface area (Å²) in [4.78, 5) is 30.5. The summed E-state index contributed by atoms with van der Waals surface area (Å²) in [5.74, 6) is -0.342. The number of carbonyl (C=O) groups is 1. The molecule has 0 saturated carbocycles. The van der Waals surface area contributed by atoms with Gasteiger partial charge < -0.3 is 20.0 Å². The van der Waals surface area contributed by atoms with Crippen LogP contribution in [-0.2, 0) is 11.2 Å². The van der Waals surface area contributed by atoms with Crippen molar-refractivity contribution in [2.45, 2.75) is 12.8 Å². The van der Waals surface area contributed by atoms with Crippen molar-refractivity contribution in [2.75, 3.05) is 54.8 Å². The third-order valence-electron chi connectivity index (χ3n) is 5.85. The Kier molecular flexibility index (Phi) is 4.92. The highest BCUT2D eigenvalue weighted by Gasteiger charge is 2.20. The standard InChI is InChI=1S/C22H25N5O3/c28-20-14-15-13-16(5-6-17(15)24-20)23-7-2-8-26-9-11-27(12-10-26)19-4-1-3-18-21(19)30-22(29)25-18/h1,3-6,13,23H,2,7-12,14H2,(H,24,28)(H,25,29). The molecule has 1 amide bonds. The number of H-pyrrole nitrogens is 1. The highest BCUT2D eigenvalue weighted by Crippen LogP contribution is 2.27. The molecule has 1 aromatic heterocycles. The molecular formula is C22H25N5O3. The smallest absolute Gasteiger partial charge is 0.406 e. The van der Waals surface area contributed by atoms with Crippen LogP contribution in [0.25, 0.3) is 11.1 Å². The molecule has 5 rings (SSSR count). The number of aromatic nitrogens is 1. The Morgan fingerprint density at radius 1 is 1.07 bits per heavy atom. The predicted octanol–water partition coefficient (Wildman–Crippen LogP) is 2.24. The molecule has 8 heteroatoms. The predicted molar refractivity (Wildman–Crippen MR) is 117 cm³/mol. The SMILES string of the molecule is O=C1Cc2cc(NCCCN3CCN(c4cccc5[nH]c(=O)oc45)CC3)ccc2N1. The number of rotatable bonds is 6. The Hall–Kier alpha value is -3.26. The molecule has 30 heavy (non-hydrogen) atoms. The van der Waals surface area contributed by atoms with Crippen LogP contribution >= 0.6 is 0 Å². The molecule has 1 fully saturated rings. The number of carbonyl (C=O) groups excluding carboxylic acids is 1. The highest BCUT2D eigenvalue weighted by molar-refractivity contribution is 5.99. The summed E-state index contributed by atoms with van der Waals surface area (Å²) >= 11 is 0. The average Bonchev–Trinajstić information content (AvgIpc) is 3.31. The van der Waals surface area contributed by atoms with E-state index in [-0.39, 0.29) is 5.91 Å². The lowest BCUT2D eigenvalue weighted by molar-refractivity contribution is -0.115. The third-order valence-corrected chi connectivity index (χ3v) is 5.85. The van der Waals surface area contributed by atoms with E-state index >= 15 is 0 Å². The number of anilines is 3. The van der Waals surface area contributed by atoms with Crippen molar-refractivity contribution in [3.05, 3.63) is 52.5 Å². The topological polar surface area (TPSA) is 93.6 Å². The summed E-state index contributed by atoms with van der Waals surface area (Å²) in [6, 6.07) is 11.9. The van der Waals surface area contributed by atoms with Crippen LogP contribution in [0.15, 0.2) is 45.6 Å². The fraction of sp³-hybridized carbons (Fsp3) is 0.364. The van der Waals surface area contributed by atoms with Gasteiger partial charge >= 0.3 is 5.76 Å². The molecular weight excluding hydrogens is 382 g/mol. The Labute approximate surface area is 173 Å². The number of aromatic amines is 1. The van der Waals surface area contributed by atoms with Gasteiger partial charge in [-0.05, 0) is 48.9 Å². The lowest BCUT2D eigenvalue weighted by atomic mass is 10.1. The molecule has 0 atom stereocenters. The zero-order chi connectivity index (χ0) is 20.5. The maximum Gasteiger partial charge on any atom is 0.417 e. The van der Waals surface area contributed by atoms with Gasteiger partial charge in [0.15, 0.2) is 5.58 Å². The zero-order valence-corrected chi connectivity index (χ0v) is 16.7. The number of amides is 1. The Balaban J connectivity index is 1.09. The largest absolute Gasteiger partial charge is 0.417 e. The first-order valence-electron chi connectivity index (χ1n) is 10.4. The number of para-hydroxylation sites is 1. The minimum atomic E-state index is -0.408. The highest BCUT2D eigenvalue weighted by atomic mass is 16.4. The second-order valence-electron chi connectivity index (χ2n) is 7.87. The number of nitrogens with zero attached hydrogens (tertiary/aromatic N) is 2. The van der Waals surface area contributed by atoms with Crippen LogP contribution in [0.1, 0.15) is 12.0 Å². The summed E-state index contributed by atoms with van der Waals surface area (Å²) in [6.45, 7) is 5.72. The van der Waals surface area contributed by atoms with Gasteiger partial charge in [-0.3, -0.25) is 14.7 Å². The quantitative estimate of drug-likeness (QED) is 0.543. The second kappa shape index (κ2) is 7.87. The van der Waals surface area contributed by atoms with E-state index in [1.54, 1.807) is 0 Å². The van der Waals surface area contributed by atoms with E-state index < -0.39 is 5.76 Å². The first-order valence-corrected chi connectivity index (χ1v) is 10.4. The third kappa shape index (κ3) is 3.78. The lowest BCUT2D eigenvalue weighted by Crippen LogP contribution is -2.46. The van der Waals surface area contributed by atoms with Gasteiger partial charge in [-0.2, -0.15) is 0 Å². The van der Waals surface area contributed by atoms with Crippen LogP contribution in [0.3, 0.4) is 0 Å². The van der Waals surface area contributed by atoms with E-state index in [1.165, 1.54) is 0 Å². The van der Waals surface area contributed by atoms with Crippen LogP contribution in [0.5, 0.6) is 0 Å². The molecule has 0 radical (unpaired) electrons. The van der Waals surface area contributed by atoms with Gasteiger partial charge in [0.1, 0.15) is 0 Å². The molecule has 156 valence electrons. The number of hydrogen-bond donors (Lipinski definition) is 3. The second-order valence-corrected chi connectivity index (χ2v) is 7.87. The van der Waals surface area contributed by atoms with Crippen molar-refractivity contribution in [2.24, 2.45) is 0 Å². The number of fused-ring (bicyclic) bond motifs is 2. The van der Waals surface area contributed by atoms with E-state index in [4.69, 9.17) is 4.42 Å². The van der Waals surface area contributed by atoms with Crippen molar-refractivity contribution >= 4 is 34.1 Å². The van der Waals surface area contributed by atoms with Crippen LogP contribution in [-0.4, -0.2) is 55.1 Å². The lowest BCUT2D eigenvalue weighted by Gasteiger charge is -2.36. The maximum absolute atomic E-state index is 11.5. The molecule has 0 aliphatic carbocycles. The van der Waals surface area contributed by atoms with E-state index in [2.05, 4.69) is 31.5 Å². The van der Waals surface area contributed by atoms with Crippen molar-refractivity contribution in [3.8, 4) is 0 Å². The van der Waals surface area contributed by atoms with Crippen LogP contribution in [0, 0.1) is 0 Å². The van der Waals surface area contributed by atoms with Gasteiger partial charge in [0.25, 0.3) is 0 Å². The monoisotopic (exact) mass is 407 g/mol. The minimum absolute atomic E-state index is 0.0659. The molecule has 3 N–H and O–H groups in total. The van der Waals surface area contributed by atoms with Crippen molar-refractivity contribution < 1.29 is 9.21 Å². The summed E-state index contributed by atoms with van der Waals surface area (Å²) in [6.07, 6.45) is 1.52. The molecule has 3 aromatic rings. The Morgan fingerprint density at radius 3 is 2.80 bits per heavy atom. The summed E-state index contributed by atoms with van der Waals surface area (Å²) in [5, 5.41) is 6.32. The van der Waals surface area contributed by atoms with E-state index in [0.29, 0.717) is 12.0 Å². The normalized spacial score (nSPS) is 16.7. The number of piperazine rings is 1. The fourth-order valence-corrected chi connectivity index (χ4v) is 4.29. The summed E-state index contributed by atoms with van der Waals surface area (Å²) in [5.41, 5.74) is 5.43. The van der Waals surface area contributed by atoms with Gasteiger partial charge in [-0.1, -0.05) is 6.07 Å². The van der Waals surface area contributed by atoms with Crippen LogP contribution in [0.4, 0.5) is 17.1 Å². The van der Waals surface area contributed by atoms with Gasteiger partial charge in [-0.15, -0.1) is 0 Å². The molecule has 3 heterocycles. The molecule has 2 aliphatic rings. The number of oxazole rings is 1. The number of benzene rings is 2. The molecule has 2 aromatic carbocycles. The Morgan fingerprint density at radius 2 is 1.93 bits per heavy atom. The Bertz CT molecular complexity index is 1130. The maximum atomic E-state index is 11.5. The number of hydrogen-bond acceptors (Lipinski definition) is 6. The van der Waals surface area contributed by atoms with Gasteiger partial charge in [0.2, 0.25) is 5.91 Å². The van der Waals surface area contributed by atoms with E-state index in [0.717, 1.165) is 73.8 Å². The molecule has 0 spiro atoms. The molecule has 2 aliphatic heterocycles. The van der Waals surface area contributed by atoms with Crippen LogP contribution in [0.2, 0.25) is 0 Å². The molecule has 0 bridgehead atoms. The first-order chi connectivity index (χ1) is 14.7. The zero-order valence-electron chi connectivity index (χ0n) is 16.7. The fourth-order valence-electron chi connectivity index (χ4n) is 4.29. The number of nitrogens with one attached hydrogen (secondary N) is 3. The summed E-state index contributed by atoms with van der Waals surface area (Å²) in [7, 11) is 0.